The number of amides is 2. The fraction of sp³-hybridized carbons (Fsp3) is 0.100. The first-order valence-electron chi connectivity index (χ1n) is 4.24. The van der Waals surface area contributed by atoms with Gasteiger partial charge in [-0.15, -0.1) is 6.58 Å². The molecule has 0 bridgehead atoms. The molecule has 1 aromatic carbocycles. The van der Waals surface area contributed by atoms with E-state index in [-0.39, 0.29) is 5.02 Å². The third-order valence-corrected chi connectivity index (χ3v) is 1.90. The lowest BCUT2D eigenvalue weighted by Crippen LogP contribution is -2.28. The zero-order valence-electron chi connectivity index (χ0n) is 7.89. The van der Waals surface area contributed by atoms with Crippen molar-refractivity contribution in [3.63, 3.8) is 0 Å². The summed E-state index contributed by atoms with van der Waals surface area (Å²) in [6, 6.07) is 3.33. The van der Waals surface area contributed by atoms with Crippen LogP contribution in [0.5, 0.6) is 0 Å². The first-order chi connectivity index (χ1) is 7.13. The highest BCUT2D eigenvalue weighted by molar-refractivity contribution is 6.33. The number of hydrogen-bond donors (Lipinski definition) is 2. The average molecular weight is 229 g/mol. The van der Waals surface area contributed by atoms with Crippen LogP contribution in [0.4, 0.5) is 14.9 Å². The van der Waals surface area contributed by atoms with E-state index in [0.717, 1.165) is 6.07 Å². The van der Waals surface area contributed by atoms with Gasteiger partial charge in [0.1, 0.15) is 5.82 Å². The van der Waals surface area contributed by atoms with E-state index in [1.165, 1.54) is 12.1 Å². The van der Waals surface area contributed by atoms with Gasteiger partial charge in [-0.05, 0) is 18.2 Å². The summed E-state index contributed by atoms with van der Waals surface area (Å²) >= 11 is 5.70. The van der Waals surface area contributed by atoms with Crippen molar-refractivity contribution in [2.75, 3.05) is 11.9 Å². The monoisotopic (exact) mass is 228 g/mol. The fourth-order valence-corrected chi connectivity index (χ4v) is 1.14. The Bertz CT molecular complexity index is 382. The van der Waals surface area contributed by atoms with Crippen LogP contribution in [0.25, 0.3) is 0 Å². The molecule has 0 radical (unpaired) electrons. The highest BCUT2D eigenvalue weighted by Crippen LogP contribution is 2.21. The Hall–Kier alpha value is -1.55. The molecule has 1 aromatic rings. The van der Waals surface area contributed by atoms with Crippen LogP contribution in [-0.2, 0) is 0 Å². The van der Waals surface area contributed by atoms with Gasteiger partial charge in [-0.25, -0.2) is 9.18 Å². The summed E-state index contributed by atoms with van der Waals surface area (Å²) in [6.07, 6.45) is 1.55. The smallest absolute Gasteiger partial charge is 0.319 e. The second kappa shape index (κ2) is 5.36. The van der Waals surface area contributed by atoms with Crippen molar-refractivity contribution in [1.29, 1.82) is 0 Å². The van der Waals surface area contributed by atoms with Gasteiger partial charge in [-0.2, -0.15) is 0 Å². The van der Waals surface area contributed by atoms with Crippen LogP contribution in [0.15, 0.2) is 30.9 Å². The maximum atomic E-state index is 12.7. The number of rotatable bonds is 3. The van der Waals surface area contributed by atoms with E-state index in [4.69, 9.17) is 11.6 Å². The van der Waals surface area contributed by atoms with Gasteiger partial charge in [0, 0.05) is 6.54 Å². The molecule has 0 aromatic heterocycles. The summed E-state index contributed by atoms with van der Waals surface area (Å²) < 4.78 is 12.7. The highest BCUT2D eigenvalue weighted by atomic mass is 35.5. The first-order valence-corrected chi connectivity index (χ1v) is 4.62. The zero-order valence-corrected chi connectivity index (χ0v) is 8.64. The molecule has 0 saturated carbocycles. The van der Waals surface area contributed by atoms with Gasteiger partial charge in [-0.1, -0.05) is 17.7 Å². The molecule has 0 atom stereocenters. The molecule has 80 valence electrons. The topological polar surface area (TPSA) is 41.1 Å². The molecule has 0 fully saturated rings. The maximum Gasteiger partial charge on any atom is 0.319 e. The summed E-state index contributed by atoms with van der Waals surface area (Å²) in [5.74, 6) is -0.447. The highest BCUT2D eigenvalue weighted by Gasteiger charge is 2.04. The van der Waals surface area contributed by atoms with Crippen molar-refractivity contribution >= 4 is 23.3 Å². The molecule has 0 aliphatic carbocycles. The van der Waals surface area contributed by atoms with Gasteiger partial charge in [0.15, 0.2) is 0 Å². The molecular formula is C10H10ClFN2O. The average Bonchev–Trinajstić information content (AvgIpc) is 2.19. The molecule has 3 nitrogen and oxygen atoms in total. The number of carbonyl (C=O) groups excluding carboxylic acids is 1. The number of halogens is 2. The molecule has 0 aliphatic rings. The minimum atomic E-state index is -0.447. The Labute approximate surface area is 91.9 Å². The molecule has 0 spiro atoms. The number of nitrogens with one attached hydrogen (secondary N) is 2. The molecule has 5 heteroatoms. The Morgan fingerprint density at radius 1 is 1.60 bits per heavy atom. The fourth-order valence-electron chi connectivity index (χ4n) is 0.922. The predicted molar refractivity (Wildman–Crippen MR) is 58.6 cm³/mol. The summed E-state index contributed by atoms with van der Waals surface area (Å²) in [6.45, 7) is 3.80. The molecular weight excluding hydrogens is 219 g/mol. The third-order valence-electron chi connectivity index (χ3n) is 1.59. The van der Waals surface area contributed by atoms with Crippen LogP contribution in [0.1, 0.15) is 0 Å². The summed E-state index contributed by atoms with van der Waals surface area (Å²) in [5, 5.41) is 5.13. The van der Waals surface area contributed by atoms with E-state index < -0.39 is 11.8 Å². The quantitative estimate of drug-likeness (QED) is 0.768. The number of carbonyl (C=O) groups is 1. The number of hydrogen-bond acceptors (Lipinski definition) is 1. The van der Waals surface area contributed by atoms with Crippen molar-refractivity contribution < 1.29 is 9.18 Å². The number of anilines is 1. The molecule has 0 heterocycles. The molecule has 2 amide bonds. The van der Waals surface area contributed by atoms with Crippen LogP contribution < -0.4 is 10.6 Å². The van der Waals surface area contributed by atoms with Crippen molar-refractivity contribution in [2.24, 2.45) is 0 Å². The molecule has 0 unspecified atom stereocenters. The van der Waals surface area contributed by atoms with Gasteiger partial charge in [0.25, 0.3) is 0 Å². The van der Waals surface area contributed by atoms with Gasteiger partial charge >= 0.3 is 6.03 Å². The maximum absolute atomic E-state index is 12.7. The number of urea groups is 1. The summed E-state index contributed by atoms with van der Waals surface area (Å²) in [4.78, 5) is 11.2. The van der Waals surface area contributed by atoms with Crippen LogP contribution in [0.3, 0.4) is 0 Å². The molecule has 0 saturated heterocycles. The standard InChI is InChI=1S/C10H10ClFN2O/c1-2-5-13-10(15)14-9-4-3-7(12)6-8(9)11/h2-4,6H,1,5H2,(H2,13,14,15). The lowest BCUT2D eigenvalue weighted by Gasteiger charge is -2.07. The Kier molecular flexibility index (Phi) is 4.12. The summed E-state index contributed by atoms with van der Waals surface area (Å²) in [5.41, 5.74) is 0.361. The second-order valence-electron chi connectivity index (χ2n) is 2.75. The predicted octanol–water partition coefficient (Wildman–Crippen LogP) is 2.79. The minimum absolute atomic E-state index is 0.156. The van der Waals surface area contributed by atoms with Gasteiger partial charge < -0.3 is 10.6 Å². The zero-order chi connectivity index (χ0) is 11.3. The summed E-state index contributed by atoms with van der Waals surface area (Å²) in [7, 11) is 0. The van der Waals surface area contributed by atoms with Crippen molar-refractivity contribution in [2.45, 2.75) is 0 Å². The Morgan fingerprint density at radius 2 is 2.33 bits per heavy atom. The minimum Gasteiger partial charge on any atom is -0.334 e. The molecule has 15 heavy (non-hydrogen) atoms. The van der Waals surface area contributed by atoms with Crippen molar-refractivity contribution in [3.8, 4) is 0 Å². The Balaban J connectivity index is 2.64. The first kappa shape index (κ1) is 11.5. The van der Waals surface area contributed by atoms with Gasteiger partial charge in [0.05, 0.1) is 10.7 Å². The van der Waals surface area contributed by atoms with E-state index in [0.29, 0.717) is 12.2 Å². The third kappa shape index (κ3) is 3.59. The van der Waals surface area contributed by atoms with Gasteiger partial charge in [-0.3, -0.25) is 0 Å². The van der Waals surface area contributed by atoms with Crippen LogP contribution in [0, 0.1) is 5.82 Å². The lowest BCUT2D eigenvalue weighted by atomic mass is 10.3. The molecule has 1 rings (SSSR count). The Morgan fingerprint density at radius 3 is 2.93 bits per heavy atom. The molecule has 0 aliphatic heterocycles. The van der Waals surface area contributed by atoms with E-state index in [2.05, 4.69) is 17.2 Å². The van der Waals surface area contributed by atoms with Crippen LogP contribution >= 0.6 is 11.6 Å². The van der Waals surface area contributed by atoms with E-state index in [1.807, 2.05) is 0 Å². The lowest BCUT2D eigenvalue weighted by molar-refractivity contribution is 0.253. The normalized spacial score (nSPS) is 9.47. The second-order valence-corrected chi connectivity index (χ2v) is 3.16. The van der Waals surface area contributed by atoms with Crippen LogP contribution in [-0.4, -0.2) is 12.6 Å². The van der Waals surface area contributed by atoms with E-state index in [1.54, 1.807) is 6.08 Å². The van der Waals surface area contributed by atoms with Crippen LogP contribution in [0.2, 0.25) is 5.02 Å². The number of benzene rings is 1. The van der Waals surface area contributed by atoms with Gasteiger partial charge in [0.2, 0.25) is 0 Å². The van der Waals surface area contributed by atoms with Crippen molar-refractivity contribution in [1.82, 2.24) is 5.32 Å². The van der Waals surface area contributed by atoms with E-state index in [9.17, 15) is 9.18 Å². The van der Waals surface area contributed by atoms with E-state index >= 15 is 0 Å². The van der Waals surface area contributed by atoms with Crippen molar-refractivity contribution in [3.05, 3.63) is 41.7 Å². The largest absolute Gasteiger partial charge is 0.334 e. The molecule has 2 N–H and O–H groups in total. The SMILES string of the molecule is C=CCNC(=O)Nc1ccc(F)cc1Cl.